The van der Waals surface area contributed by atoms with Crippen molar-refractivity contribution in [1.82, 2.24) is 4.68 Å². The Morgan fingerprint density at radius 3 is 2.71 bits per heavy atom. The molecule has 0 aromatic carbocycles. The summed E-state index contributed by atoms with van der Waals surface area (Å²) >= 11 is 1.09. The first-order chi connectivity index (χ1) is 3.30. The van der Waals surface area contributed by atoms with Gasteiger partial charge >= 0.3 is 4.87 Å². The number of thiazole rings is 1. The quantitative estimate of drug-likeness (QED) is 0.470. The van der Waals surface area contributed by atoms with Gasteiger partial charge in [-0.1, -0.05) is 11.3 Å². The molecule has 1 aromatic rings. The molecule has 0 aliphatic heterocycles. The van der Waals surface area contributed by atoms with E-state index in [2.05, 4.69) is 0 Å². The van der Waals surface area contributed by atoms with E-state index in [0.29, 0.717) is 0 Å². The molecule has 7 heavy (non-hydrogen) atoms. The zero-order chi connectivity index (χ0) is 5.28. The highest BCUT2D eigenvalue weighted by atomic mass is 32.1. The number of aromatic nitrogens is 1. The molecule has 0 spiro atoms. The SMILES string of the molecule is Nn1ccsc1=O. The van der Waals surface area contributed by atoms with Gasteiger partial charge in [0.1, 0.15) is 0 Å². The monoisotopic (exact) mass is 116 g/mol. The van der Waals surface area contributed by atoms with Gasteiger partial charge in [-0.3, -0.25) is 4.79 Å². The van der Waals surface area contributed by atoms with Crippen molar-refractivity contribution in [3.05, 3.63) is 21.2 Å². The Hall–Kier alpha value is -0.770. The molecule has 1 aromatic heterocycles. The van der Waals surface area contributed by atoms with Crippen molar-refractivity contribution in [3.63, 3.8) is 0 Å². The second-order valence-corrected chi connectivity index (χ2v) is 1.93. The van der Waals surface area contributed by atoms with Crippen LogP contribution in [-0.2, 0) is 0 Å². The fraction of sp³-hybridized carbons (Fsp3) is 0. The summed E-state index contributed by atoms with van der Waals surface area (Å²) in [7, 11) is 0. The van der Waals surface area contributed by atoms with E-state index in [4.69, 9.17) is 5.84 Å². The minimum atomic E-state index is -0.125. The summed E-state index contributed by atoms with van der Waals surface area (Å²) in [6.07, 6.45) is 1.52. The summed E-state index contributed by atoms with van der Waals surface area (Å²) in [4.78, 5) is 10.2. The molecule has 0 saturated heterocycles. The summed E-state index contributed by atoms with van der Waals surface area (Å²) in [5.74, 6) is 5.05. The van der Waals surface area contributed by atoms with E-state index in [1.807, 2.05) is 0 Å². The van der Waals surface area contributed by atoms with E-state index >= 15 is 0 Å². The highest BCUT2D eigenvalue weighted by Crippen LogP contribution is 1.80. The molecule has 0 saturated carbocycles. The lowest BCUT2D eigenvalue weighted by Gasteiger charge is -1.78. The minimum Gasteiger partial charge on any atom is -0.336 e. The predicted molar refractivity (Wildman–Crippen MR) is 28.7 cm³/mol. The fourth-order valence-electron chi connectivity index (χ4n) is 0.276. The number of hydrogen-bond acceptors (Lipinski definition) is 3. The number of nitrogens with two attached hydrogens (primary N) is 1. The van der Waals surface area contributed by atoms with Crippen molar-refractivity contribution < 1.29 is 0 Å². The maximum Gasteiger partial charge on any atom is 0.325 e. The third kappa shape index (κ3) is 0.640. The third-order valence-corrected chi connectivity index (χ3v) is 1.27. The molecule has 3 nitrogen and oxygen atoms in total. The van der Waals surface area contributed by atoms with Crippen LogP contribution in [0.5, 0.6) is 0 Å². The highest BCUT2D eigenvalue weighted by molar-refractivity contribution is 7.07. The summed E-state index contributed by atoms with van der Waals surface area (Å²) in [5, 5.41) is 1.64. The van der Waals surface area contributed by atoms with E-state index in [1.165, 1.54) is 6.20 Å². The van der Waals surface area contributed by atoms with Crippen LogP contribution in [0.2, 0.25) is 0 Å². The van der Waals surface area contributed by atoms with Crippen LogP contribution in [0, 0.1) is 0 Å². The first kappa shape index (κ1) is 4.39. The zero-order valence-electron chi connectivity index (χ0n) is 3.50. The second kappa shape index (κ2) is 1.38. The molecule has 0 aliphatic carbocycles. The van der Waals surface area contributed by atoms with Gasteiger partial charge in [0.15, 0.2) is 0 Å². The van der Waals surface area contributed by atoms with Crippen LogP contribution in [0.25, 0.3) is 0 Å². The first-order valence-electron chi connectivity index (χ1n) is 1.72. The predicted octanol–water partition coefficient (Wildman–Crippen LogP) is -0.376. The standard InChI is InChI=1S/C3H4N2OS/c4-5-1-2-7-3(5)6/h1-2H,4H2. The lowest BCUT2D eigenvalue weighted by molar-refractivity contribution is 0.983. The van der Waals surface area contributed by atoms with E-state index in [-0.39, 0.29) is 4.87 Å². The van der Waals surface area contributed by atoms with Crippen LogP contribution in [0.4, 0.5) is 0 Å². The second-order valence-electron chi connectivity index (χ2n) is 1.08. The van der Waals surface area contributed by atoms with Crippen molar-refractivity contribution in [2.75, 3.05) is 5.84 Å². The largest absolute Gasteiger partial charge is 0.336 e. The van der Waals surface area contributed by atoms with Gasteiger partial charge in [-0.15, -0.1) is 0 Å². The first-order valence-corrected chi connectivity index (χ1v) is 2.60. The number of nitrogens with zero attached hydrogens (tertiary/aromatic N) is 1. The Morgan fingerprint density at radius 2 is 2.57 bits per heavy atom. The van der Waals surface area contributed by atoms with Crippen molar-refractivity contribution in [1.29, 1.82) is 0 Å². The Labute approximate surface area is 44.0 Å². The average Bonchev–Trinajstić information content (AvgIpc) is 1.91. The van der Waals surface area contributed by atoms with Gasteiger partial charge in [-0.25, -0.2) is 4.68 Å². The zero-order valence-corrected chi connectivity index (χ0v) is 4.31. The van der Waals surface area contributed by atoms with Crippen LogP contribution in [-0.4, -0.2) is 4.68 Å². The van der Waals surface area contributed by atoms with Crippen LogP contribution in [0.1, 0.15) is 0 Å². The molecule has 0 unspecified atom stereocenters. The van der Waals surface area contributed by atoms with Gasteiger partial charge in [0, 0.05) is 11.6 Å². The number of nitrogen functional groups attached to an aromatic ring is 1. The molecule has 1 heterocycles. The van der Waals surface area contributed by atoms with E-state index in [9.17, 15) is 4.79 Å². The molecule has 0 fully saturated rings. The van der Waals surface area contributed by atoms with Gasteiger partial charge < -0.3 is 5.84 Å². The Balaban J connectivity index is 3.39. The summed E-state index contributed by atoms with van der Waals surface area (Å²) in [5.41, 5.74) is 0. The van der Waals surface area contributed by atoms with Gasteiger partial charge in [0.05, 0.1) is 0 Å². The van der Waals surface area contributed by atoms with E-state index in [1.54, 1.807) is 5.38 Å². The Morgan fingerprint density at radius 1 is 1.86 bits per heavy atom. The molecular weight excluding hydrogens is 112 g/mol. The molecule has 0 radical (unpaired) electrons. The van der Waals surface area contributed by atoms with E-state index < -0.39 is 0 Å². The molecule has 0 atom stereocenters. The molecule has 0 aliphatic rings. The Bertz CT molecular complexity index is 201. The highest BCUT2D eigenvalue weighted by Gasteiger charge is 1.83. The van der Waals surface area contributed by atoms with Gasteiger partial charge in [-0.05, 0) is 0 Å². The summed E-state index contributed by atoms with van der Waals surface area (Å²) in [6.45, 7) is 0. The van der Waals surface area contributed by atoms with Crippen molar-refractivity contribution in [2.24, 2.45) is 0 Å². The van der Waals surface area contributed by atoms with E-state index in [0.717, 1.165) is 16.0 Å². The van der Waals surface area contributed by atoms with Crippen LogP contribution < -0.4 is 10.7 Å². The Kier molecular flexibility index (Phi) is 0.867. The molecule has 1 rings (SSSR count). The van der Waals surface area contributed by atoms with Gasteiger partial charge in [0.2, 0.25) is 0 Å². The normalized spacial score (nSPS) is 9.14. The topological polar surface area (TPSA) is 48.0 Å². The number of hydrogen-bond donors (Lipinski definition) is 1. The third-order valence-electron chi connectivity index (χ3n) is 0.601. The van der Waals surface area contributed by atoms with Crippen molar-refractivity contribution >= 4 is 11.3 Å². The average molecular weight is 116 g/mol. The maximum atomic E-state index is 10.3. The lowest BCUT2D eigenvalue weighted by Crippen LogP contribution is -2.19. The molecule has 2 N–H and O–H groups in total. The van der Waals surface area contributed by atoms with Crippen LogP contribution >= 0.6 is 11.3 Å². The van der Waals surface area contributed by atoms with Crippen LogP contribution in [0.15, 0.2) is 16.4 Å². The summed E-state index contributed by atoms with van der Waals surface area (Å²) in [6, 6.07) is 0. The molecular formula is C3H4N2OS. The molecule has 4 heteroatoms. The number of rotatable bonds is 0. The lowest BCUT2D eigenvalue weighted by atomic mass is 11.0. The maximum absolute atomic E-state index is 10.3. The van der Waals surface area contributed by atoms with Gasteiger partial charge in [-0.2, -0.15) is 0 Å². The molecule has 0 bridgehead atoms. The molecule has 38 valence electrons. The molecule has 0 amide bonds. The van der Waals surface area contributed by atoms with Crippen molar-refractivity contribution in [3.8, 4) is 0 Å². The van der Waals surface area contributed by atoms with Crippen LogP contribution in [0.3, 0.4) is 0 Å². The van der Waals surface area contributed by atoms with Gasteiger partial charge in [0.25, 0.3) is 0 Å². The fourth-order valence-corrected chi connectivity index (χ4v) is 0.767. The van der Waals surface area contributed by atoms with Crippen molar-refractivity contribution in [2.45, 2.75) is 0 Å². The minimum absolute atomic E-state index is 0.125. The summed E-state index contributed by atoms with van der Waals surface area (Å²) < 4.78 is 1.05. The smallest absolute Gasteiger partial charge is 0.325 e.